The van der Waals surface area contributed by atoms with Crippen LogP contribution in [0.3, 0.4) is 0 Å². The Balaban J connectivity index is 2.72. The average molecular weight is 251 g/mol. The van der Waals surface area contributed by atoms with Crippen molar-refractivity contribution in [2.75, 3.05) is 25.0 Å². The molecule has 100 valence electrons. The van der Waals surface area contributed by atoms with Crippen molar-refractivity contribution in [2.45, 2.75) is 26.4 Å². The van der Waals surface area contributed by atoms with Crippen LogP contribution in [0.5, 0.6) is 0 Å². The van der Waals surface area contributed by atoms with Crippen molar-refractivity contribution in [1.82, 2.24) is 10.3 Å². The average Bonchev–Trinajstić information content (AvgIpc) is 2.36. The summed E-state index contributed by atoms with van der Waals surface area (Å²) in [7, 11) is 1.79. The SMILES string of the molecule is CCCNC(=O)CN(C)c1ncccc1C(C)O. The van der Waals surface area contributed by atoms with Crippen LogP contribution in [0.25, 0.3) is 0 Å². The van der Waals surface area contributed by atoms with Crippen molar-refractivity contribution in [3.63, 3.8) is 0 Å². The number of hydrogen-bond donors (Lipinski definition) is 2. The maximum Gasteiger partial charge on any atom is 0.239 e. The van der Waals surface area contributed by atoms with E-state index >= 15 is 0 Å². The van der Waals surface area contributed by atoms with E-state index in [2.05, 4.69) is 10.3 Å². The molecule has 5 heteroatoms. The van der Waals surface area contributed by atoms with Crippen molar-refractivity contribution in [1.29, 1.82) is 0 Å². The Hall–Kier alpha value is -1.62. The standard InChI is InChI=1S/C13H21N3O2/c1-4-7-14-12(18)9-16(3)13-11(10(2)17)6-5-8-15-13/h5-6,8,10,17H,4,7,9H2,1-3H3,(H,14,18). The lowest BCUT2D eigenvalue weighted by Crippen LogP contribution is -2.36. The van der Waals surface area contributed by atoms with Gasteiger partial charge in [-0.2, -0.15) is 0 Å². The predicted octanol–water partition coefficient (Wildman–Crippen LogP) is 1.10. The fraction of sp³-hybridized carbons (Fsp3) is 0.538. The molecule has 1 amide bonds. The first-order valence-corrected chi connectivity index (χ1v) is 6.17. The molecule has 1 unspecified atom stereocenters. The van der Waals surface area contributed by atoms with E-state index in [9.17, 15) is 9.90 Å². The van der Waals surface area contributed by atoms with Gasteiger partial charge in [-0.05, 0) is 19.4 Å². The zero-order valence-corrected chi connectivity index (χ0v) is 11.2. The summed E-state index contributed by atoms with van der Waals surface area (Å²) in [4.78, 5) is 17.6. The van der Waals surface area contributed by atoms with E-state index < -0.39 is 6.10 Å². The zero-order chi connectivity index (χ0) is 13.5. The molecule has 1 aromatic rings. The summed E-state index contributed by atoms with van der Waals surface area (Å²) in [6, 6.07) is 3.59. The van der Waals surface area contributed by atoms with E-state index in [1.807, 2.05) is 13.0 Å². The molecular formula is C13H21N3O2. The van der Waals surface area contributed by atoms with E-state index in [4.69, 9.17) is 0 Å². The number of nitrogens with one attached hydrogen (secondary N) is 1. The molecule has 18 heavy (non-hydrogen) atoms. The summed E-state index contributed by atoms with van der Waals surface area (Å²) in [5.41, 5.74) is 0.725. The predicted molar refractivity (Wildman–Crippen MR) is 71.4 cm³/mol. The van der Waals surface area contributed by atoms with Crippen LogP contribution in [-0.4, -0.2) is 36.1 Å². The Labute approximate surface area is 108 Å². The maximum absolute atomic E-state index is 11.6. The van der Waals surface area contributed by atoms with Crippen LogP contribution >= 0.6 is 0 Å². The molecule has 0 bridgehead atoms. The minimum Gasteiger partial charge on any atom is -0.389 e. The molecule has 0 saturated carbocycles. The summed E-state index contributed by atoms with van der Waals surface area (Å²) >= 11 is 0. The van der Waals surface area contributed by atoms with Crippen molar-refractivity contribution in [3.8, 4) is 0 Å². The molecule has 0 radical (unpaired) electrons. The fourth-order valence-electron chi connectivity index (χ4n) is 1.67. The topological polar surface area (TPSA) is 65.5 Å². The lowest BCUT2D eigenvalue weighted by molar-refractivity contribution is -0.119. The fourth-order valence-corrected chi connectivity index (χ4v) is 1.67. The maximum atomic E-state index is 11.6. The highest BCUT2D eigenvalue weighted by molar-refractivity contribution is 5.81. The van der Waals surface area contributed by atoms with Gasteiger partial charge in [-0.1, -0.05) is 13.0 Å². The molecule has 5 nitrogen and oxygen atoms in total. The number of rotatable bonds is 6. The molecule has 0 fully saturated rings. The lowest BCUT2D eigenvalue weighted by Gasteiger charge is -2.21. The first-order chi connectivity index (χ1) is 8.56. The van der Waals surface area contributed by atoms with Gasteiger partial charge in [0.1, 0.15) is 5.82 Å². The third-order valence-electron chi connectivity index (χ3n) is 2.58. The molecule has 0 aromatic carbocycles. The number of aliphatic hydroxyl groups excluding tert-OH is 1. The third kappa shape index (κ3) is 4.00. The summed E-state index contributed by atoms with van der Waals surface area (Å²) in [6.07, 6.45) is 1.97. The van der Waals surface area contributed by atoms with Crippen molar-refractivity contribution < 1.29 is 9.90 Å². The van der Waals surface area contributed by atoms with Gasteiger partial charge in [0.05, 0.1) is 12.6 Å². The van der Waals surface area contributed by atoms with Gasteiger partial charge in [0.25, 0.3) is 0 Å². The van der Waals surface area contributed by atoms with Crippen LogP contribution in [0, 0.1) is 0 Å². The molecule has 0 aliphatic heterocycles. The molecule has 0 aliphatic rings. The van der Waals surface area contributed by atoms with E-state index in [0.29, 0.717) is 12.4 Å². The highest BCUT2D eigenvalue weighted by Crippen LogP contribution is 2.22. The van der Waals surface area contributed by atoms with Gasteiger partial charge in [-0.15, -0.1) is 0 Å². The first kappa shape index (κ1) is 14.4. The van der Waals surface area contributed by atoms with Gasteiger partial charge in [0.15, 0.2) is 0 Å². The van der Waals surface area contributed by atoms with Crippen LogP contribution in [0.15, 0.2) is 18.3 Å². The minimum absolute atomic E-state index is 0.0402. The Bertz CT molecular complexity index is 394. The summed E-state index contributed by atoms with van der Waals surface area (Å²) < 4.78 is 0. The number of amides is 1. The van der Waals surface area contributed by atoms with E-state index in [1.54, 1.807) is 31.1 Å². The van der Waals surface area contributed by atoms with Crippen LogP contribution in [-0.2, 0) is 4.79 Å². The van der Waals surface area contributed by atoms with Gasteiger partial charge in [0.2, 0.25) is 5.91 Å². The Morgan fingerprint density at radius 3 is 2.94 bits per heavy atom. The van der Waals surface area contributed by atoms with Crippen LogP contribution in [0.1, 0.15) is 31.9 Å². The quantitative estimate of drug-likeness (QED) is 0.794. The largest absolute Gasteiger partial charge is 0.389 e. The molecule has 1 atom stereocenters. The molecule has 0 aliphatic carbocycles. The first-order valence-electron chi connectivity index (χ1n) is 6.17. The third-order valence-corrected chi connectivity index (χ3v) is 2.58. The summed E-state index contributed by atoms with van der Waals surface area (Å²) in [5.74, 6) is 0.598. The molecule has 1 aromatic heterocycles. The van der Waals surface area contributed by atoms with Crippen molar-refractivity contribution in [3.05, 3.63) is 23.9 Å². The number of carbonyl (C=O) groups is 1. The van der Waals surface area contributed by atoms with Gasteiger partial charge < -0.3 is 15.3 Å². The normalized spacial score (nSPS) is 12.0. The molecule has 2 N–H and O–H groups in total. The zero-order valence-electron chi connectivity index (χ0n) is 11.2. The number of hydrogen-bond acceptors (Lipinski definition) is 4. The number of aromatic nitrogens is 1. The monoisotopic (exact) mass is 251 g/mol. The van der Waals surface area contributed by atoms with Gasteiger partial charge in [-0.3, -0.25) is 4.79 Å². The second kappa shape index (κ2) is 6.96. The number of aliphatic hydroxyl groups is 1. The van der Waals surface area contributed by atoms with Crippen molar-refractivity contribution in [2.24, 2.45) is 0 Å². The second-order valence-electron chi connectivity index (χ2n) is 4.30. The van der Waals surface area contributed by atoms with Gasteiger partial charge in [-0.25, -0.2) is 4.98 Å². The molecule has 0 saturated heterocycles. The van der Waals surface area contributed by atoms with E-state index in [0.717, 1.165) is 12.0 Å². The number of nitrogens with zero attached hydrogens (tertiary/aromatic N) is 2. The van der Waals surface area contributed by atoms with E-state index in [-0.39, 0.29) is 12.5 Å². The summed E-state index contributed by atoms with van der Waals surface area (Å²) in [6.45, 7) is 4.61. The number of pyridine rings is 1. The van der Waals surface area contributed by atoms with Gasteiger partial charge in [0, 0.05) is 25.4 Å². The second-order valence-corrected chi connectivity index (χ2v) is 4.30. The minimum atomic E-state index is -0.602. The Morgan fingerprint density at radius 2 is 2.33 bits per heavy atom. The Kier molecular flexibility index (Phi) is 5.58. The number of anilines is 1. The highest BCUT2D eigenvalue weighted by atomic mass is 16.3. The van der Waals surface area contributed by atoms with Gasteiger partial charge >= 0.3 is 0 Å². The molecule has 1 rings (SSSR count). The smallest absolute Gasteiger partial charge is 0.239 e. The molecule has 0 spiro atoms. The summed E-state index contributed by atoms with van der Waals surface area (Å²) in [5, 5.41) is 12.5. The van der Waals surface area contributed by atoms with Crippen LogP contribution in [0.4, 0.5) is 5.82 Å². The number of carbonyl (C=O) groups excluding carboxylic acids is 1. The Morgan fingerprint density at radius 1 is 1.61 bits per heavy atom. The molecular weight excluding hydrogens is 230 g/mol. The van der Waals surface area contributed by atoms with E-state index in [1.165, 1.54) is 0 Å². The lowest BCUT2D eigenvalue weighted by atomic mass is 10.1. The van der Waals surface area contributed by atoms with Crippen LogP contribution < -0.4 is 10.2 Å². The highest BCUT2D eigenvalue weighted by Gasteiger charge is 2.14. The number of likely N-dealkylation sites (N-methyl/N-ethyl adjacent to an activating group) is 1. The molecule has 1 heterocycles. The van der Waals surface area contributed by atoms with Crippen molar-refractivity contribution >= 4 is 11.7 Å². The van der Waals surface area contributed by atoms with Crippen LogP contribution in [0.2, 0.25) is 0 Å².